The summed E-state index contributed by atoms with van der Waals surface area (Å²) in [5, 5.41) is 0. The van der Waals surface area contributed by atoms with Gasteiger partial charge in [0.15, 0.2) is 5.78 Å². The Bertz CT molecular complexity index is 999. The fraction of sp³-hybridized carbons (Fsp3) is 0.280. The Morgan fingerprint density at radius 3 is 2.14 bits per heavy atom. The summed E-state index contributed by atoms with van der Waals surface area (Å²) in [6.07, 6.45) is 4.07. The summed E-state index contributed by atoms with van der Waals surface area (Å²) in [5.74, 6) is 6.39. The van der Waals surface area contributed by atoms with Crippen LogP contribution < -0.4 is 5.73 Å². The number of ketones is 1. The van der Waals surface area contributed by atoms with Gasteiger partial charge in [-0.1, -0.05) is 56.9 Å². The van der Waals surface area contributed by atoms with E-state index in [0.29, 0.717) is 12.8 Å². The molecule has 29 heavy (non-hydrogen) atoms. The van der Waals surface area contributed by atoms with Gasteiger partial charge in [0.1, 0.15) is 0 Å². The molecule has 1 aromatic heterocycles. The van der Waals surface area contributed by atoms with E-state index in [4.69, 9.17) is 5.73 Å². The van der Waals surface area contributed by atoms with Crippen molar-refractivity contribution in [3.05, 3.63) is 89.0 Å². The van der Waals surface area contributed by atoms with Gasteiger partial charge < -0.3 is 10.7 Å². The second kappa shape index (κ2) is 8.89. The van der Waals surface area contributed by atoms with Crippen molar-refractivity contribution in [2.45, 2.75) is 45.1 Å². The minimum absolute atomic E-state index is 0.0115. The van der Waals surface area contributed by atoms with Crippen molar-refractivity contribution in [1.29, 1.82) is 0 Å². The van der Waals surface area contributed by atoms with Gasteiger partial charge in [-0.2, -0.15) is 0 Å². The number of hydrogen-bond donors (Lipinski definition) is 2. The molecule has 0 aliphatic carbocycles. The lowest BCUT2D eigenvalue weighted by molar-refractivity contribution is -0.119. The number of imidazole rings is 1. The molecule has 0 bridgehead atoms. The minimum atomic E-state index is -0.536. The van der Waals surface area contributed by atoms with E-state index in [1.165, 1.54) is 5.56 Å². The largest absolute Gasteiger partial charge is 0.348 e. The average molecular weight is 386 g/mol. The summed E-state index contributed by atoms with van der Waals surface area (Å²) in [5.41, 5.74) is 11.2. The lowest BCUT2D eigenvalue weighted by Gasteiger charge is -2.18. The van der Waals surface area contributed by atoms with Crippen LogP contribution in [-0.4, -0.2) is 21.8 Å². The van der Waals surface area contributed by atoms with E-state index in [1.807, 2.05) is 24.3 Å². The van der Waals surface area contributed by atoms with Gasteiger partial charge in [0.25, 0.3) is 0 Å². The van der Waals surface area contributed by atoms with Crippen molar-refractivity contribution in [2.75, 3.05) is 0 Å². The van der Waals surface area contributed by atoms with Crippen LogP contribution in [0.3, 0.4) is 0 Å². The van der Waals surface area contributed by atoms with Gasteiger partial charge in [-0.3, -0.25) is 4.79 Å². The molecular weight excluding hydrogens is 358 g/mol. The number of rotatable bonds is 5. The van der Waals surface area contributed by atoms with E-state index in [9.17, 15) is 4.79 Å². The summed E-state index contributed by atoms with van der Waals surface area (Å²) in [6.45, 7) is 6.60. The number of H-pyrrole nitrogens is 1. The lowest BCUT2D eigenvalue weighted by atomic mass is 9.87. The number of benzene rings is 2. The fourth-order valence-corrected chi connectivity index (χ4v) is 2.98. The van der Waals surface area contributed by atoms with Crippen LogP contribution in [0.5, 0.6) is 0 Å². The van der Waals surface area contributed by atoms with Crippen molar-refractivity contribution in [1.82, 2.24) is 9.97 Å². The lowest BCUT2D eigenvalue weighted by Crippen LogP contribution is -2.34. The molecule has 148 valence electrons. The number of nitrogens with one attached hydrogen (secondary N) is 1. The number of nitrogens with zero attached hydrogens (tertiary/aromatic N) is 1. The minimum Gasteiger partial charge on any atom is -0.348 e. The van der Waals surface area contributed by atoms with Gasteiger partial charge in [0, 0.05) is 35.9 Å². The molecule has 0 aliphatic heterocycles. The second-order valence-corrected chi connectivity index (χ2v) is 8.30. The standard InChI is InChI=1S/C25H27N3O/c1-25(2,3)21-12-10-19(11-13-21)5-4-18-6-8-20(9-7-18)14-24(29)23(26)15-22-16-27-17-28-22/h6-13,16-17,23H,14-15,26H2,1-3H3,(H,27,28)/t23-/m0/s1. The van der Waals surface area contributed by atoms with E-state index in [1.54, 1.807) is 12.5 Å². The number of nitrogens with two attached hydrogens (primary N) is 1. The van der Waals surface area contributed by atoms with E-state index >= 15 is 0 Å². The normalized spacial score (nSPS) is 12.1. The topological polar surface area (TPSA) is 71.8 Å². The highest BCUT2D eigenvalue weighted by molar-refractivity contribution is 5.86. The van der Waals surface area contributed by atoms with Crippen LogP contribution in [0.2, 0.25) is 0 Å². The molecule has 3 N–H and O–H groups in total. The molecular formula is C25H27N3O. The number of aromatic amines is 1. The summed E-state index contributed by atoms with van der Waals surface area (Å²) in [6, 6.07) is 15.6. The molecule has 0 radical (unpaired) electrons. The van der Waals surface area contributed by atoms with Crippen LogP contribution in [0, 0.1) is 11.8 Å². The van der Waals surface area contributed by atoms with Gasteiger partial charge in [-0.15, -0.1) is 0 Å². The summed E-state index contributed by atoms with van der Waals surface area (Å²) in [7, 11) is 0. The van der Waals surface area contributed by atoms with Crippen LogP contribution in [0.15, 0.2) is 61.1 Å². The van der Waals surface area contributed by atoms with Gasteiger partial charge >= 0.3 is 0 Å². The third kappa shape index (κ3) is 5.91. The quantitative estimate of drug-likeness (QED) is 0.657. The van der Waals surface area contributed by atoms with Crippen molar-refractivity contribution in [3.8, 4) is 11.8 Å². The number of Topliss-reactive ketones (excluding diaryl/α,β-unsaturated/α-hetero) is 1. The molecule has 0 spiro atoms. The zero-order chi connectivity index (χ0) is 20.9. The highest BCUT2D eigenvalue weighted by Crippen LogP contribution is 2.22. The second-order valence-electron chi connectivity index (χ2n) is 8.30. The summed E-state index contributed by atoms with van der Waals surface area (Å²) >= 11 is 0. The summed E-state index contributed by atoms with van der Waals surface area (Å²) < 4.78 is 0. The van der Waals surface area contributed by atoms with Gasteiger partial charge in [0.2, 0.25) is 0 Å². The predicted molar refractivity (Wildman–Crippen MR) is 117 cm³/mol. The molecule has 1 atom stereocenters. The Kier molecular flexibility index (Phi) is 6.31. The van der Waals surface area contributed by atoms with Crippen LogP contribution in [0.25, 0.3) is 0 Å². The molecule has 3 aromatic rings. The molecule has 0 unspecified atom stereocenters. The maximum atomic E-state index is 12.3. The smallest absolute Gasteiger partial charge is 0.154 e. The van der Waals surface area contributed by atoms with E-state index in [-0.39, 0.29) is 11.2 Å². The van der Waals surface area contributed by atoms with Crippen molar-refractivity contribution >= 4 is 5.78 Å². The third-order valence-electron chi connectivity index (χ3n) is 4.84. The Balaban J connectivity index is 1.59. The molecule has 4 nitrogen and oxygen atoms in total. The highest BCUT2D eigenvalue weighted by Gasteiger charge is 2.15. The summed E-state index contributed by atoms with van der Waals surface area (Å²) in [4.78, 5) is 19.3. The van der Waals surface area contributed by atoms with E-state index in [2.05, 4.69) is 66.8 Å². The molecule has 0 fully saturated rings. The molecule has 0 saturated heterocycles. The van der Waals surface area contributed by atoms with E-state index < -0.39 is 6.04 Å². The zero-order valence-corrected chi connectivity index (χ0v) is 17.2. The Morgan fingerprint density at radius 2 is 1.62 bits per heavy atom. The number of carbonyl (C=O) groups excluding carboxylic acids is 1. The Labute approximate surface area is 172 Å². The average Bonchev–Trinajstić information content (AvgIpc) is 3.20. The van der Waals surface area contributed by atoms with Crippen molar-refractivity contribution in [2.24, 2.45) is 5.73 Å². The van der Waals surface area contributed by atoms with Gasteiger partial charge in [0.05, 0.1) is 12.4 Å². The first kappa shape index (κ1) is 20.6. The van der Waals surface area contributed by atoms with Crippen LogP contribution in [0.1, 0.15) is 48.7 Å². The van der Waals surface area contributed by atoms with Gasteiger partial charge in [-0.05, 0) is 40.8 Å². The number of aromatic nitrogens is 2. The monoisotopic (exact) mass is 385 g/mol. The van der Waals surface area contributed by atoms with Crippen molar-refractivity contribution in [3.63, 3.8) is 0 Å². The first-order valence-corrected chi connectivity index (χ1v) is 9.78. The molecule has 1 heterocycles. The Morgan fingerprint density at radius 1 is 1.03 bits per heavy atom. The highest BCUT2D eigenvalue weighted by atomic mass is 16.1. The number of carbonyl (C=O) groups is 1. The molecule has 2 aromatic carbocycles. The Hall–Kier alpha value is -3.16. The first-order chi connectivity index (χ1) is 13.8. The molecule has 3 rings (SSSR count). The van der Waals surface area contributed by atoms with Crippen molar-refractivity contribution < 1.29 is 4.79 Å². The first-order valence-electron chi connectivity index (χ1n) is 9.78. The van der Waals surface area contributed by atoms with E-state index in [0.717, 1.165) is 22.4 Å². The molecule has 0 amide bonds. The predicted octanol–water partition coefficient (Wildman–Crippen LogP) is 3.79. The maximum absolute atomic E-state index is 12.3. The molecule has 0 saturated carbocycles. The van der Waals surface area contributed by atoms with Gasteiger partial charge in [-0.25, -0.2) is 4.98 Å². The molecule has 0 aliphatic rings. The fourth-order valence-electron chi connectivity index (χ4n) is 2.98. The van der Waals surface area contributed by atoms with Crippen LogP contribution in [0.4, 0.5) is 0 Å². The van der Waals surface area contributed by atoms with Crippen LogP contribution in [-0.2, 0) is 23.1 Å². The zero-order valence-electron chi connectivity index (χ0n) is 17.2. The molecule has 4 heteroatoms. The van der Waals surface area contributed by atoms with Crippen LogP contribution >= 0.6 is 0 Å². The number of hydrogen-bond acceptors (Lipinski definition) is 3. The third-order valence-corrected chi connectivity index (χ3v) is 4.84. The SMILES string of the molecule is CC(C)(C)c1ccc(C#Cc2ccc(CC(=O)[C@@H](N)Cc3cnc[nH]3)cc2)cc1. The maximum Gasteiger partial charge on any atom is 0.154 e.